The molecule has 0 unspecified atom stereocenters. The van der Waals surface area contributed by atoms with Gasteiger partial charge in [-0.15, -0.1) is 5.10 Å². The molecule has 18 heavy (non-hydrogen) atoms. The Kier molecular flexibility index (Phi) is 3.54. The van der Waals surface area contributed by atoms with Gasteiger partial charge in [-0.1, -0.05) is 28.4 Å². The standard InChI is InChI=1S/C11H9Cl2N3O2/c1-6-9(5-11(17)18)14-15-16(6)10-4-7(12)2-3-8(10)13/h2-4H,5H2,1H3,(H,17,18). The first-order chi connectivity index (χ1) is 8.49. The summed E-state index contributed by atoms with van der Waals surface area (Å²) in [6, 6.07) is 4.96. The Morgan fingerprint density at radius 1 is 1.44 bits per heavy atom. The van der Waals surface area contributed by atoms with Gasteiger partial charge in [-0.25, -0.2) is 4.68 Å². The number of carboxylic acid groups (broad SMARTS) is 1. The molecule has 5 nitrogen and oxygen atoms in total. The van der Waals surface area contributed by atoms with E-state index in [0.717, 1.165) is 0 Å². The topological polar surface area (TPSA) is 68.0 Å². The molecule has 0 spiro atoms. The molecule has 0 aliphatic heterocycles. The highest BCUT2D eigenvalue weighted by Gasteiger charge is 2.14. The molecule has 0 bridgehead atoms. The first-order valence-corrected chi connectivity index (χ1v) is 5.83. The molecule has 0 radical (unpaired) electrons. The maximum atomic E-state index is 10.7. The van der Waals surface area contributed by atoms with Crippen LogP contribution in [0, 0.1) is 6.92 Å². The lowest BCUT2D eigenvalue weighted by molar-refractivity contribution is -0.136. The van der Waals surface area contributed by atoms with Crippen molar-refractivity contribution in [3.05, 3.63) is 39.6 Å². The number of carboxylic acids is 1. The van der Waals surface area contributed by atoms with Gasteiger partial charge in [0.05, 0.1) is 28.5 Å². The van der Waals surface area contributed by atoms with Crippen molar-refractivity contribution in [3.63, 3.8) is 0 Å². The van der Waals surface area contributed by atoms with Crippen LogP contribution in [0.2, 0.25) is 10.0 Å². The molecule has 2 aromatic rings. The molecule has 0 saturated heterocycles. The second-order valence-electron chi connectivity index (χ2n) is 3.70. The van der Waals surface area contributed by atoms with Crippen LogP contribution < -0.4 is 0 Å². The van der Waals surface area contributed by atoms with E-state index in [-0.39, 0.29) is 6.42 Å². The van der Waals surface area contributed by atoms with Gasteiger partial charge in [0.25, 0.3) is 0 Å². The van der Waals surface area contributed by atoms with E-state index >= 15 is 0 Å². The van der Waals surface area contributed by atoms with E-state index in [4.69, 9.17) is 28.3 Å². The van der Waals surface area contributed by atoms with Gasteiger partial charge in [-0.3, -0.25) is 4.79 Å². The Hall–Kier alpha value is -1.59. The summed E-state index contributed by atoms with van der Waals surface area (Å²) in [4.78, 5) is 10.7. The number of aliphatic carboxylic acids is 1. The zero-order valence-corrected chi connectivity index (χ0v) is 10.9. The highest BCUT2D eigenvalue weighted by atomic mass is 35.5. The van der Waals surface area contributed by atoms with Crippen LogP contribution >= 0.6 is 23.2 Å². The van der Waals surface area contributed by atoms with Crippen LogP contribution in [0.25, 0.3) is 5.69 Å². The fraction of sp³-hybridized carbons (Fsp3) is 0.182. The largest absolute Gasteiger partial charge is 0.481 e. The lowest BCUT2D eigenvalue weighted by Crippen LogP contribution is -2.04. The summed E-state index contributed by atoms with van der Waals surface area (Å²) in [6.45, 7) is 1.73. The molecule has 94 valence electrons. The van der Waals surface area contributed by atoms with Gasteiger partial charge in [-0.2, -0.15) is 0 Å². The smallest absolute Gasteiger partial charge is 0.309 e. The maximum absolute atomic E-state index is 10.7. The molecule has 1 aromatic heterocycles. The molecule has 0 fully saturated rings. The van der Waals surface area contributed by atoms with E-state index < -0.39 is 5.97 Å². The van der Waals surface area contributed by atoms with E-state index in [0.29, 0.717) is 27.1 Å². The van der Waals surface area contributed by atoms with Crippen molar-refractivity contribution in [3.8, 4) is 5.69 Å². The van der Waals surface area contributed by atoms with Crippen molar-refractivity contribution >= 4 is 29.2 Å². The zero-order valence-electron chi connectivity index (χ0n) is 9.39. The summed E-state index contributed by atoms with van der Waals surface area (Å²) in [6.07, 6.45) is -0.177. The van der Waals surface area contributed by atoms with Gasteiger partial charge in [0.2, 0.25) is 0 Å². The second kappa shape index (κ2) is 4.96. The molecular weight excluding hydrogens is 277 g/mol. The minimum atomic E-state index is -0.956. The van der Waals surface area contributed by atoms with Gasteiger partial charge >= 0.3 is 5.97 Å². The number of aromatic nitrogens is 3. The Balaban J connectivity index is 2.48. The molecule has 0 aliphatic rings. The Bertz CT molecular complexity index is 610. The molecule has 0 amide bonds. The quantitative estimate of drug-likeness (QED) is 0.941. The average molecular weight is 286 g/mol. The van der Waals surface area contributed by atoms with E-state index in [2.05, 4.69) is 10.3 Å². The zero-order chi connectivity index (χ0) is 13.3. The fourth-order valence-electron chi connectivity index (χ4n) is 1.54. The molecule has 0 saturated carbocycles. The predicted molar refractivity (Wildman–Crippen MR) is 67.5 cm³/mol. The SMILES string of the molecule is Cc1c(CC(=O)O)nnn1-c1cc(Cl)ccc1Cl. The van der Waals surface area contributed by atoms with Gasteiger partial charge in [-0.05, 0) is 25.1 Å². The molecule has 1 heterocycles. The van der Waals surface area contributed by atoms with Gasteiger partial charge in [0.15, 0.2) is 0 Å². The Morgan fingerprint density at radius 2 is 2.17 bits per heavy atom. The first kappa shape index (κ1) is 12.9. The van der Waals surface area contributed by atoms with Crippen molar-refractivity contribution in [1.82, 2.24) is 15.0 Å². The molecule has 2 rings (SSSR count). The molecule has 1 N–H and O–H groups in total. The minimum absolute atomic E-state index is 0.177. The van der Waals surface area contributed by atoms with E-state index in [1.54, 1.807) is 25.1 Å². The van der Waals surface area contributed by atoms with Crippen molar-refractivity contribution in [2.24, 2.45) is 0 Å². The highest BCUT2D eigenvalue weighted by Crippen LogP contribution is 2.25. The van der Waals surface area contributed by atoms with Crippen LogP contribution in [0.5, 0.6) is 0 Å². The number of benzene rings is 1. The van der Waals surface area contributed by atoms with Crippen molar-refractivity contribution in [2.75, 3.05) is 0 Å². The summed E-state index contributed by atoms with van der Waals surface area (Å²) in [5, 5.41) is 17.5. The highest BCUT2D eigenvalue weighted by molar-refractivity contribution is 6.34. The lowest BCUT2D eigenvalue weighted by atomic mass is 10.2. The predicted octanol–water partition coefficient (Wildman–Crippen LogP) is 2.51. The van der Waals surface area contributed by atoms with E-state index in [1.807, 2.05) is 0 Å². The molecule has 0 atom stereocenters. The van der Waals surface area contributed by atoms with Crippen molar-refractivity contribution in [2.45, 2.75) is 13.3 Å². The number of halogens is 2. The van der Waals surface area contributed by atoms with E-state index in [1.165, 1.54) is 4.68 Å². The van der Waals surface area contributed by atoms with Crippen LogP contribution in [-0.2, 0) is 11.2 Å². The molecule has 0 aliphatic carbocycles. The monoisotopic (exact) mass is 285 g/mol. The number of hydrogen-bond donors (Lipinski definition) is 1. The third-order valence-electron chi connectivity index (χ3n) is 2.45. The van der Waals surface area contributed by atoms with Crippen molar-refractivity contribution in [1.29, 1.82) is 0 Å². The van der Waals surface area contributed by atoms with Crippen LogP contribution in [0.4, 0.5) is 0 Å². The second-order valence-corrected chi connectivity index (χ2v) is 4.54. The summed E-state index contributed by atoms with van der Waals surface area (Å²) >= 11 is 12.0. The molecule has 7 heteroatoms. The molecular formula is C11H9Cl2N3O2. The summed E-state index contributed by atoms with van der Waals surface area (Å²) in [5.41, 5.74) is 1.60. The summed E-state index contributed by atoms with van der Waals surface area (Å²) in [5.74, 6) is -0.956. The molecule has 1 aromatic carbocycles. The third-order valence-corrected chi connectivity index (χ3v) is 3.00. The lowest BCUT2D eigenvalue weighted by Gasteiger charge is -2.06. The summed E-state index contributed by atoms with van der Waals surface area (Å²) in [7, 11) is 0. The Morgan fingerprint density at radius 3 is 2.83 bits per heavy atom. The van der Waals surface area contributed by atoms with Crippen LogP contribution in [-0.4, -0.2) is 26.1 Å². The maximum Gasteiger partial charge on any atom is 0.309 e. The third kappa shape index (κ3) is 2.47. The van der Waals surface area contributed by atoms with Crippen molar-refractivity contribution < 1.29 is 9.90 Å². The van der Waals surface area contributed by atoms with Crippen LogP contribution in [0.3, 0.4) is 0 Å². The van der Waals surface area contributed by atoms with Gasteiger partial charge in [0, 0.05) is 5.02 Å². The summed E-state index contributed by atoms with van der Waals surface area (Å²) < 4.78 is 1.48. The van der Waals surface area contributed by atoms with Crippen LogP contribution in [0.15, 0.2) is 18.2 Å². The minimum Gasteiger partial charge on any atom is -0.481 e. The normalized spacial score (nSPS) is 10.6. The Labute approximate surface area is 113 Å². The van der Waals surface area contributed by atoms with Gasteiger partial charge < -0.3 is 5.11 Å². The number of hydrogen-bond acceptors (Lipinski definition) is 3. The average Bonchev–Trinajstić information content (AvgIpc) is 2.64. The number of rotatable bonds is 3. The van der Waals surface area contributed by atoms with Crippen LogP contribution in [0.1, 0.15) is 11.4 Å². The van der Waals surface area contributed by atoms with E-state index in [9.17, 15) is 4.79 Å². The fourth-order valence-corrected chi connectivity index (χ4v) is 1.91. The van der Waals surface area contributed by atoms with Gasteiger partial charge in [0.1, 0.15) is 0 Å². The number of carbonyl (C=O) groups is 1. The first-order valence-electron chi connectivity index (χ1n) is 5.07. The number of nitrogens with zero attached hydrogens (tertiary/aromatic N) is 3.